The Morgan fingerprint density at radius 3 is 2.93 bits per heavy atom. The van der Waals surface area contributed by atoms with E-state index in [2.05, 4.69) is 21.6 Å². The Balaban J connectivity index is 1.48. The molecule has 0 amide bonds. The number of benzene rings is 2. The molecule has 5 rings (SSSR count). The first-order chi connectivity index (χ1) is 14.4. The van der Waals surface area contributed by atoms with Crippen LogP contribution in [0, 0.1) is 5.82 Å². The summed E-state index contributed by atoms with van der Waals surface area (Å²) in [6, 6.07) is 7.69. The van der Waals surface area contributed by atoms with Crippen molar-refractivity contribution in [2.45, 2.75) is 36.9 Å². The quantitative estimate of drug-likeness (QED) is 0.663. The molecule has 0 saturated carbocycles. The third kappa shape index (κ3) is 3.43. The van der Waals surface area contributed by atoms with Gasteiger partial charge in [0.25, 0.3) is 0 Å². The molecular formula is C22H23F4N3S. The number of hydrogen-bond donors (Lipinski definition) is 2. The van der Waals surface area contributed by atoms with Gasteiger partial charge in [-0.1, -0.05) is 6.07 Å². The average Bonchev–Trinajstić information content (AvgIpc) is 2.88. The number of piperidine rings is 1. The minimum atomic E-state index is -4.58. The highest BCUT2D eigenvalue weighted by atomic mass is 32.2. The Hall–Kier alpha value is -1.93. The van der Waals surface area contributed by atoms with Crippen LogP contribution in [0.5, 0.6) is 0 Å². The molecule has 3 aliphatic heterocycles. The van der Waals surface area contributed by atoms with Gasteiger partial charge in [-0.25, -0.2) is 4.39 Å². The van der Waals surface area contributed by atoms with Gasteiger partial charge in [0.2, 0.25) is 0 Å². The van der Waals surface area contributed by atoms with Gasteiger partial charge in [0.1, 0.15) is 5.82 Å². The molecule has 160 valence electrons. The van der Waals surface area contributed by atoms with E-state index < -0.39 is 17.6 Å². The molecule has 2 atom stereocenters. The van der Waals surface area contributed by atoms with Crippen molar-refractivity contribution in [2.24, 2.45) is 0 Å². The van der Waals surface area contributed by atoms with Gasteiger partial charge < -0.3 is 15.5 Å². The van der Waals surface area contributed by atoms with Gasteiger partial charge in [-0.2, -0.15) is 24.9 Å². The van der Waals surface area contributed by atoms with Gasteiger partial charge in [0.15, 0.2) is 0 Å². The van der Waals surface area contributed by atoms with Crippen LogP contribution in [0.3, 0.4) is 0 Å². The van der Waals surface area contributed by atoms with E-state index in [9.17, 15) is 17.6 Å². The Bertz CT molecular complexity index is 962. The summed E-state index contributed by atoms with van der Waals surface area (Å²) in [5.74, 6) is 1.50. The molecule has 3 nitrogen and oxygen atoms in total. The maximum Gasteiger partial charge on any atom is 0.416 e. The van der Waals surface area contributed by atoms with Gasteiger partial charge in [-0.3, -0.25) is 0 Å². The normalized spacial score (nSPS) is 23.0. The molecule has 2 aromatic carbocycles. The zero-order valence-corrected chi connectivity index (χ0v) is 17.2. The first kappa shape index (κ1) is 20.0. The highest BCUT2D eigenvalue weighted by Crippen LogP contribution is 2.48. The Morgan fingerprint density at radius 1 is 1.23 bits per heavy atom. The maximum atomic E-state index is 14.2. The van der Waals surface area contributed by atoms with Crippen LogP contribution in [-0.4, -0.2) is 31.4 Å². The van der Waals surface area contributed by atoms with E-state index in [1.807, 2.05) is 17.8 Å². The average molecular weight is 438 g/mol. The highest BCUT2D eigenvalue weighted by Gasteiger charge is 2.41. The molecule has 0 aromatic heterocycles. The van der Waals surface area contributed by atoms with Crippen LogP contribution in [0.4, 0.5) is 28.9 Å². The Kier molecular flexibility index (Phi) is 5.09. The lowest BCUT2D eigenvalue weighted by Gasteiger charge is -2.33. The predicted octanol–water partition coefficient (Wildman–Crippen LogP) is 4.97. The molecule has 0 bridgehead atoms. The highest BCUT2D eigenvalue weighted by molar-refractivity contribution is 7.98. The molecular weight excluding hydrogens is 414 g/mol. The number of thioether (sulfide) groups is 1. The van der Waals surface area contributed by atoms with E-state index >= 15 is 0 Å². The summed E-state index contributed by atoms with van der Waals surface area (Å²) in [5, 5.41) is 6.56. The summed E-state index contributed by atoms with van der Waals surface area (Å²) in [4.78, 5) is 2.54. The third-order valence-electron chi connectivity index (χ3n) is 6.38. The summed E-state index contributed by atoms with van der Waals surface area (Å²) in [6.07, 6.45) is -3.49. The van der Waals surface area contributed by atoms with Crippen molar-refractivity contribution in [1.29, 1.82) is 0 Å². The van der Waals surface area contributed by atoms with E-state index in [-0.39, 0.29) is 12.1 Å². The van der Waals surface area contributed by atoms with Crippen molar-refractivity contribution >= 4 is 23.1 Å². The van der Waals surface area contributed by atoms with Crippen molar-refractivity contribution in [3.8, 4) is 0 Å². The number of halogens is 4. The van der Waals surface area contributed by atoms with Crippen LogP contribution in [-0.2, 0) is 18.5 Å². The van der Waals surface area contributed by atoms with Gasteiger partial charge in [-0.05, 0) is 48.4 Å². The second-order valence-electron chi connectivity index (χ2n) is 8.10. The largest absolute Gasteiger partial charge is 0.416 e. The monoisotopic (exact) mass is 437 g/mol. The fraction of sp³-hybridized carbons (Fsp3) is 0.455. The number of anilines is 2. The first-order valence-electron chi connectivity index (χ1n) is 10.2. The minimum absolute atomic E-state index is 0.205. The number of hydrogen-bond acceptors (Lipinski definition) is 4. The van der Waals surface area contributed by atoms with Crippen LogP contribution in [0.15, 0.2) is 30.3 Å². The molecule has 8 heteroatoms. The molecule has 1 fully saturated rings. The van der Waals surface area contributed by atoms with E-state index in [1.165, 1.54) is 16.8 Å². The first-order valence-corrected chi connectivity index (χ1v) is 11.4. The molecule has 0 spiro atoms. The minimum Gasteiger partial charge on any atom is -0.381 e. The predicted molar refractivity (Wildman–Crippen MR) is 113 cm³/mol. The maximum absolute atomic E-state index is 14.2. The number of nitrogens with zero attached hydrogens (tertiary/aromatic N) is 1. The van der Waals surface area contributed by atoms with Gasteiger partial charge in [0.05, 0.1) is 5.56 Å². The summed E-state index contributed by atoms with van der Waals surface area (Å²) < 4.78 is 54.2. The van der Waals surface area contributed by atoms with Crippen molar-refractivity contribution in [3.05, 3.63) is 58.4 Å². The molecule has 0 aliphatic carbocycles. The van der Waals surface area contributed by atoms with Crippen molar-refractivity contribution in [3.63, 3.8) is 0 Å². The smallest absolute Gasteiger partial charge is 0.381 e. The van der Waals surface area contributed by atoms with Crippen LogP contribution in [0.1, 0.15) is 34.6 Å². The number of alkyl halides is 3. The lowest BCUT2D eigenvalue weighted by molar-refractivity contribution is -0.138. The van der Waals surface area contributed by atoms with Gasteiger partial charge >= 0.3 is 6.18 Å². The standard InChI is InChI=1S/C22H23F4N3S/c23-19-3-1-2-18(22(24,25)26)17(19)11-28-14-8-13-12-30-7-6-29-20-4-5-27-10-16(20)15(9-14)21(13)29/h1-3,8-9,16,20,27-28H,4-7,10-12H2/t16-,20-/m0/s1. The summed E-state index contributed by atoms with van der Waals surface area (Å²) in [7, 11) is 0. The topological polar surface area (TPSA) is 27.3 Å². The van der Waals surface area contributed by atoms with Crippen molar-refractivity contribution < 1.29 is 17.6 Å². The number of rotatable bonds is 3. The zero-order valence-electron chi connectivity index (χ0n) is 16.4. The fourth-order valence-electron chi connectivity index (χ4n) is 5.08. The van der Waals surface area contributed by atoms with Crippen LogP contribution in [0.25, 0.3) is 0 Å². The van der Waals surface area contributed by atoms with E-state index in [4.69, 9.17) is 0 Å². The summed E-state index contributed by atoms with van der Waals surface area (Å²) in [5.41, 5.74) is 3.29. The Labute approximate surface area is 177 Å². The van der Waals surface area contributed by atoms with Crippen LogP contribution in [0.2, 0.25) is 0 Å². The zero-order chi connectivity index (χ0) is 20.9. The molecule has 1 saturated heterocycles. The van der Waals surface area contributed by atoms with Crippen LogP contribution >= 0.6 is 11.8 Å². The fourth-order valence-corrected chi connectivity index (χ4v) is 5.99. The summed E-state index contributed by atoms with van der Waals surface area (Å²) in [6.45, 7) is 2.74. The van der Waals surface area contributed by atoms with E-state index in [0.29, 0.717) is 12.0 Å². The van der Waals surface area contributed by atoms with Crippen LogP contribution < -0.4 is 15.5 Å². The lowest BCUT2D eigenvalue weighted by atomic mass is 9.89. The second-order valence-corrected chi connectivity index (χ2v) is 9.21. The molecule has 0 unspecified atom stereocenters. The SMILES string of the molecule is Fc1cccc(C(F)(F)F)c1CNc1cc2c3c(c1)[C@@H]1CNCC[C@@H]1N3CCSC2. The number of fused-ring (bicyclic) bond motifs is 3. The Morgan fingerprint density at radius 2 is 2.10 bits per heavy atom. The molecule has 3 aliphatic rings. The molecule has 2 aromatic rings. The summed E-state index contributed by atoms with van der Waals surface area (Å²) >= 11 is 1.88. The number of nitrogens with one attached hydrogen (secondary N) is 2. The molecule has 30 heavy (non-hydrogen) atoms. The molecule has 2 N–H and O–H groups in total. The van der Waals surface area contributed by atoms with E-state index in [1.54, 1.807) is 0 Å². The molecule has 3 heterocycles. The van der Waals surface area contributed by atoms with Crippen molar-refractivity contribution in [1.82, 2.24) is 5.32 Å². The second kappa shape index (κ2) is 7.64. The molecule has 0 radical (unpaired) electrons. The van der Waals surface area contributed by atoms with E-state index in [0.717, 1.165) is 61.4 Å². The third-order valence-corrected chi connectivity index (χ3v) is 7.36. The van der Waals surface area contributed by atoms with Gasteiger partial charge in [-0.15, -0.1) is 0 Å². The lowest BCUT2D eigenvalue weighted by Crippen LogP contribution is -2.44. The van der Waals surface area contributed by atoms with Crippen molar-refractivity contribution in [2.75, 3.05) is 35.6 Å². The van der Waals surface area contributed by atoms with Gasteiger partial charge in [0, 0.05) is 60.0 Å².